The fraction of sp³-hybridized carbons (Fsp3) is 0.400. The van der Waals surface area contributed by atoms with Gasteiger partial charge in [0.25, 0.3) is 0 Å². The average molecular weight is 312 g/mol. The molecule has 0 fully saturated rings. The number of fused-ring (bicyclic) bond motifs is 1. The molecule has 0 aromatic heterocycles. The lowest BCUT2D eigenvalue weighted by Gasteiger charge is -2.34. The van der Waals surface area contributed by atoms with Crippen LogP contribution in [-0.4, -0.2) is 29.3 Å². The zero-order chi connectivity index (χ0) is 15.6. The molecule has 0 spiro atoms. The number of esters is 1. The Kier molecular flexibility index (Phi) is 4.75. The average Bonchev–Trinajstić information content (AvgIpc) is 2.44. The monoisotopic (exact) mass is 311 g/mol. The van der Waals surface area contributed by atoms with Gasteiger partial charge >= 0.3 is 5.97 Å². The van der Waals surface area contributed by atoms with Crippen LogP contribution in [0.3, 0.4) is 0 Å². The lowest BCUT2D eigenvalue weighted by atomic mass is 9.93. The van der Waals surface area contributed by atoms with E-state index < -0.39 is 12.1 Å². The maximum Gasteiger partial charge on any atom is 0.310 e. The molecule has 0 aliphatic carbocycles. The fourth-order valence-corrected chi connectivity index (χ4v) is 2.75. The molecule has 1 unspecified atom stereocenters. The van der Waals surface area contributed by atoms with Crippen molar-refractivity contribution in [2.24, 2.45) is 0 Å². The number of rotatable bonds is 4. The first-order valence-corrected chi connectivity index (χ1v) is 7.20. The number of carbonyl (C=O) groups is 1. The summed E-state index contributed by atoms with van der Waals surface area (Å²) in [5.74, 6) is -0.613. The van der Waals surface area contributed by atoms with E-state index in [-0.39, 0.29) is 24.5 Å². The van der Waals surface area contributed by atoms with Crippen LogP contribution in [0.25, 0.3) is 0 Å². The minimum absolute atomic E-state index is 0.118. The third-order valence-electron chi connectivity index (χ3n) is 3.42. The molecular formula is C15H18ClNO4. The maximum absolute atomic E-state index is 11.7. The number of hydrogen-bond acceptors (Lipinski definition) is 5. The van der Waals surface area contributed by atoms with E-state index in [1.807, 2.05) is 6.92 Å². The molecule has 21 heavy (non-hydrogen) atoms. The summed E-state index contributed by atoms with van der Waals surface area (Å²) in [6.07, 6.45) is -1.30. The molecule has 0 radical (unpaired) electrons. The second-order valence-electron chi connectivity index (χ2n) is 4.65. The van der Waals surface area contributed by atoms with Crippen molar-refractivity contribution >= 4 is 23.3 Å². The normalized spacial score (nSPS) is 17.7. The Labute approximate surface area is 128 Å². The van der Waals surface area contributed by atoms with Crippen molar-refractivity contribution in [2.75, 3.05) is 18.1 Å². The van der Waals surface area contributed by atoms with Crippen LogP contribution in [0, 0.1) is 0 Å². The van der Waals surface area contributed by atoms with Crippen molar-refractivity contribution in [3.63, 3.8) is 0 Å². The van der Waals surface area contributed by atoms with Gasteiger partial charge in [-0.05, 0) is 26.0 Å². The van der Waals surface area contributed by atoms with Crippen molar-refractivity contribution in [3.05, 3.63) is 40.2 Å². The van der Waals surface area contributed by atoms with E-state index in [2.05, 4.69) is 0 Å². The summed E-state index contributed by atoms with van der Waals surface area (Å²) in [6.45, 7) is 4.30. The van der Waals surface area contributed by atoms with Gasteiger partial charge in [-0.3, -0.25) is 4.79 Å². The Morgan fingerprint density at radius 2 is 2.14 bits per heavy atom. The van der Waals surface area contributed by atoms with Gasteiger partial charge in [0, 0.05) is 22.7 Å². The smallest absolute Gasteiger partial charge is 0.310 e. The summed E-state index contributed by atoms with van der Waals surface area (Å²) < 4.78 is 4.88. The quantitative estimate of drug-likeness (QED) is 0.837. The molecule has 0 saturated carbocycles. The molecule has 1 atom stereocenters. The molecule has 1 aliphatic rings. The fourth-order valence-electron chi connectivity index (χ4n) is 2.48. The van der Waals surface area contributed by atoms with Crippen LogP contribution in [0.1, 0.15) is 31.9 Å². The number of ether oxygens (including phenoxy) is 1. The number of carbonyl (C=O) groups excluding carboxylic acids is 1. The van der Waals surface area contributed by atoms with E-state index >= 15 is 0 Å². The van der Waals surface area contributed by atoms with Gasteiger partial charge in [-0.2, -0.15) is 0 Å². The Hall–Kier alpha value is -1.72. The Balaban J connectivity index is 2.46. The molecule has 114 valence electrons. The van der Waals surface area contributed by atoms with Gasteiger partial charge in [-0.25, -0.2) is 0 Å². The molecule has 5 nitrogen and oxygen atoms in total. The highest BCUT2D eigenvalue weighted by molar-refractivity contribution is 6.32. The first-order chi connectivity index (χ1) is 10.0. The zero-order valence-corrected chi connectivity index (χ0v) is 12.7. The summed E-state index contributed by atoms with van der Waals surface area (Å²) in [6, 6.07) is 5.19. The Morgan fingerprint density at radius 1 is 1.43 bits per heavy atom. The van der Waals surface area contributed by atoms with Gasteiger partial charge in [0.1, 0.15) is 6.10 Å². The molecular weight excluding hydrogens is 294 g/mol. The van der Waals surface area contributed by atoms with Gasteiger partial charge in [0.05, 0.1) is 18.7 Å². The van der Waals surface area contributed by atoms with E-state index in [4.69, 9.17) is 16.3 Å². The van der Waals surface area contributed by atoms with Gasteiger partial charge in [-0.1, -0.05) is 17.7 Å². The highest BCUT2D eigenvalue weighted by Gasteiger charge is 2.33. The first-order valence-electron chi connectivity index (χ1n) is 6.82. The van der Waals surface area contributed by atoms with Crippen LogP contribution in [0.15, 0.2) is 29.7 Å². The molecule has 6 heteroatoms. The highest BCUT2D eigenvalue weighted by atomic mass is 35.5. The van der Waals surface area contributed by atoms with Crippen LogP contribution in [-0.2, 0) is 9.53 Å². The van der Waals surface area contributed by atoms with Gasteiger partial charge in [-0.15, -0.1) is 0 Å². The van der Waals surface area contributed by atoms with Crippen LogP contribution in [0.2, 0.25) is 5.02 Å². The predicted octanol–water partition coefficient (Wildman–Crippen LogP) is 2.94. The summed E-state index contributed by atoms with van der Waals surface area (Å²) in [5.41, 5.74) is 1.34. The summed E-state index contributed by atoms with van der Waals surface area (Å²) in [7, 11) is 0. The van der Waals surface area contributed by atoms with Crippen LogP contribution < -0.4 is 4.90 Å². The number of aliphatic hydroxyl groups excluding tert-OH is 2. The van der Waals surface area contributed by atoms with Gasteiger partial charge in [0.15, 0.2) is 5.88 Å². The second-order valence-corrected chi connectivity index (χ2v) is 5.06. The number of halogens is 1. The minimum Gasteiger partial charge on any atom is -0.494 e. The number of aliphatic hydroxyl groups is 2. The predicted molar refractivity (Wildman–Crippen MR) is 80.3 cm³/mol. The molecule has 1 heterocycles. The van der Waals surface area contributed by atoms with Crippen LogP contribution in [0.5, 0.6) is 0 Å². The molecule has 0 amide bonds. The van der Waals surface area contributed by atoms with E-state index in [0.29, 0.717) is 22.8 Å². The minimum atomic E-state index is -1.12. The van der Waals surface area contributed by atoms with Crippen molar-refractivity contribution < 1.29 is 19.7 Å². The molecule has 1 aliphatic heterocycles. The highest BCUT2D eigenvalue weighted by Crippen LogP contribution is 2.43. The molecule has 1 aromatic rings. The zero-order valence-electron chi connectivity index (χ0n) is 12.0. The van der Waals surface area contributed by atoms with E-state index in [0.717, 1.165) is 0 Å². The number of anilines is 1. The Morgan fingerprint density at radius 3 is 2.76 bits per heavy atom. The number of benzene rings is 1. The maximum atomic E-state index is 11.7. The molecule has 2 N–H and O–H groups in total. The summed E-state index contributed by atoms with van der Waals surface area (Å²) in [5, 5.41) is 21.2. The van der Waals surface area contributed by atoms with Gasteiger partial charge in [0.2, 0.25) is 0 Å². The van der Waals surface area contributed by atoms with Crippen LogP contribution >= 0.6 is 11.6 Å². The molecule has 0 saturated heterocycles. The van der Waals surface area contributed by atoms with Crippen molar-refractivity contribution in [3.8, 4) is 0 Å². The first kappa shape index (κ1) is 15.7. The topological polar surface area (TPSA) is 70.0 Å². The van der Waals surface area contributed by atoms with E-state index in [9.17, 15) is 15.0 Å². The Bertz CT molecular complexity index is 585. The number of nitrogens with zero attached hydrogens (tertiary/aromatic N) is 1. The summed E-state index contributed by atoms with van der Waals surface area (Å²) in [4.78, 5) is 13.3. The third kappa shape index (κ3) is 2.84. The molecule has 1 aromatic carbocycles. The number of hydrogen-bond donors (Lipinski definition) is 2. The second kappa shape index (κ2) is 6.37. The lowest BCUT2D eigenvalue weighted by Crippen LogP contribution is -2.31. The summed E-state index contributed by atoms with van der Waals surface area (Å²) >= 11 is 6.16. The largest absolute Gasteiger partial charge is 0.494 e. The van der Waals surface area contributed by atoms with Crippen molar-refractivity contribution in [2.45, 2.75) is 26.4 Å². The van der Waals surface area contributed by atoms with Crippen LogP contribution in [0.4, 0.5) is 5.69 Å². The third-order valence-corrected chi connectivity index (χ3v) is 3.75. The molecule has 0 bridgehead atoms. The van der Waals surface area contributed by atoms with E-state index in [1.165, 1.54) is 0 Å². The lowest BCUT2D eigenvalue weighted by molar-refractivity contribution is -0.142. The van der Waals surface area contributed by atoms with E-state index in [1.54, 1.807) is 30.0 Å². The van der Waals surface area contributed by atoms with Crippen molar-refractivity contribution in [1.29, 1.82) is 0 Å². The SMILES string of the molecule is CCOC(=O)CC1=C(O)N(CC)c2cccc(Cl)c2C1O. The standard InChI is InChI=1S/C15H18ClNO4/c1-3-17-11-7-5-6-10(16)13(11)14(19)9(15(17)20)8-12(18)21-4-2/h5-7,14,19-20H,3-4,8H2,1-2H3. The molecule has 2 rings (SSSR count). The van der Waals surface area contributed by atoms with Crippen molar-refractivity contribution in [1.82, 2.24) is 0 Å². The van der Waals surface area contributed by atoms with Gasteiger partial charge < -0.3 is 19.8 Å².